The van der Waals surface area contributed by atoms with Gasteiger partial charge in [-0.3, -0.25) is 9.47 Å². The lowest BCUT2D eigenvalue weighted by Gasteiger charge is -2.42. The monoisotopic (exact) mass is 357 g/mol. The number of rotatable bonds is 3. The van der Waals surface area contributed by atoms with E-state index < -0.39 is 0 Å². The van der Waals surface area contributed by atoms with Gasteiger partial charge in [-0.25, -0.2) is 9.97 Å². The van der Waals surface area contributed by atoms with Gasteiger partial charge in [-0.05, 0) is 23.5 Å². The third-order valence-electron chi connectivity index (χ3n) is 4.38. The minimum Gasteiger partial charge on any atom is -0.327 e. The molecule has 23 heavy (non-hydrogen) atoms. The lowest BCUT2D eigenvalue weighted by molar-refractivity contribution is 0.0898. The summed E-state index contributed by atoms with van der Waals surface area (Å²) in [5, 5.41) is 0. The lowest BCUT2D eigenvalue weighted by atomic mass is 9.79. The van der Waals surface area contributed by atoms with Crippen molar-refractivity contribution in [3.05, 3.63) is 42.6 Å². The summed E-state index contributed by atoms with van der Waals surface area (Å²) >= 11 is 0. The van der Waals surface area contributed by atoms with Crippen LogP contribution in [0.4, 0.5) is 0 Å². The number of hydrogen-bond donors (Lipinski definition) is 1. The molecule has 0 aliphatic carbocycles. The molecule has 0 radical (unpaired) electrons. The van der Waals surface area contributed by atoms with Crippen LogP contribution in [0.3, 0.4) is 0 Å². The molecule has 3 heterocycles. The van der Waals surface area contributed by atoms with Gasteiger partial charge in [-0.2, -0.15) is 0 Å². The Morgan fingerprint density at radius 3 is 2.65 bits per heavy atom. The Morgan fingerprint density at radius 2 is 2.09 bits per heavy atom. The molecule has 1 aliphatic heterocycles. The molecule has 7 heteroatoms. The number of halogens is 2. The summed E-state index contributed by atoms with van der Waals surface area (Å²) in [4.78, 5) is 11.0. The molecule has 2 aromatic rings. The third-order valence-corrected chi connectivity index (χ3v) is 4.38. The van der Waals surface area contributed by atoms with E-state index in [4.69, 9.17) is 5.73 Å². The summed E-state index contributed by atoms with van der Waals surface area (Å²) < 4.78 is 1.91. The van der Waals surface area contributed by atoms with E-state index in [2.05, 4.69) is 34.8 Å². The maximum absolute atomic E-state index is 6.19. The molecule has 0 spiro atoms. The summed E-state index contributed by atoms with van der Waals surface area (Å²) in [5.74, 6) is 0.900. The molecule has 128 valence electrons. The van der Waals surface area contributed by atoms with E-state index in [1.807, 2.05) is 23.0 Å². The molecule has 5 nitrogen and oxygen atoms in total. The van der Waals surface area contributed by atoms with Gasteiger partial charge in [0.2, 0.25) is 0 Å². The van der Waals surface area contributed by atoms with Gasteiger partial charge in [0.15, 0.2) is 0 Å². The van der Waals surface area contributed by atoms with Crippen LogP contribution in [0.2, 0.25) is 0 Å². The Kier molecular flexibility index (Phi) is 7.02. The van der Waals surface area contributed by atoms with E-state index in [9.17, 15) is 0 Å². The van der Waals surface area contributed by atoms with Crippen LogP contribution in [0, 0.1) is 5.41 Å². The minimum absolute atomic E-state index is 0. The van der Waals surface area contributed by atoms with Crippen LogP contribution in [-0.2, 0) is 6.54 Å². The van der Waals surface area contributed by atoms with Crippen LogP contribution in [0.25, 0.3) is 5.82 Å². The van der Waals surface area contributed by atoms with Gasteiger partial charge in [0.25, 0.3) is 0 Å². The normalized spacial score (nSPS) is 20.4. The van der Waals surface area contributed by atoms with Crippen molar-refractivity contribution in [2.24, 2.45) is 11.1 Å². The quantitative estimate of drug-likeness (QED) is 0.917. The average Bonchev–Trinajstić information content (AvgIpc) is 2.98. The van der Waals surface area contributed by atoms with E-state index in [0.29, 0.717) is 6.04 Å². The number of hydrogen-bond acceptors (Lipinski definition) is 4. The van der Waals surface area contributed by atoms with Gasteiger partial charge in [0.05, 0.1) is 0 Å². The Morgan fingerprint density at radius 1 is 1.30 bits per heavy atom. The standard InChI is InChI=1S/C16H23N5.2ClH/c1-16(2)11-20(7-5-14(16)17)10-13-3-4-15(19-9-13)21-8-6-18-12-21;;/h3-4,6,8-9,12,14H,5,7,10-11,17H2,1-2H3;2*1H. The highest BCUT2D eigenvalue weighted by Gasteiger charge is 2.33. The molecule has 2 aromatic heterocycles. The highest BCUT2D eigenvalue weighted by molar-refractivity contribution is 5.85. The molecular formula is C16H25Cl2N5. The summed E-state index contributed by atoms with van der Waals surface area (Å²) in [7, 11) is 0. The van der Waals surface area contributed by atoms with Crippen molar-refractivity contribution in [1.82, 2.24) is 19.4 Å². The molecule has 0 aromatic carbocycles. The molecule has 1 atom stereocenters. The van der Waals surface area contributed by atoms with E-state index >= 15 is 0 Å². The average molecular weight is 358 g/mol. The van der Waals surface area contributed by atoms with Crippen molar-refractivity contribution < 1.29 is 0 Å². The highest BCUT2D eigenvalue weighted by atomic mass is 35.5. The molecule has 0 amide bonds. The lowest BCUT2D eigenvalue weighted by Crippen LogP contribution is -2.52. The fourth-order valence-electron chi connectivity index (χ4n) is 2.94. The number of nitrogens with two attached hydrogens (primary N) is 1. The van der Waals surface area contributed by atoms with E-state index in [0.717, 1.165) is 31.9 Å². The predicted molar refractivity (Wildman–Crippen MR) is 97.5 cm³/mol. The fraction of sp³-hybridized carbons (Fsp3) is 0.500. The molecule has 3 rings (SSSR count). The first kappa shape index (κ1) is 19.9. The van der Waals surface area contributed by atoms with Crippen LogP contribution >= 0.6 is 24.8 Å². The van der Waals surface area contributed by atoms with Crippen LogP contribution in [-0.4, -0.2) is 38.6 Å². The first-order valence-electron chi connectivity index (χ1n) is 7.46. The van der Waals surface area contributed by atoms with Gasteiger partial charge < -0.3 is 5.73 Å². The maximum Gasteiger partial charge on any atom is 0.137 e. The summed E-state index contributed by atoms with van der Waals surface area (Å²) in [6.45, 7) is 7.55. The smallest absolute Gasteiger partial charge is 0.137 e. The van der Waals surface area contributed by atoms with E-state index in [1.54, 1.807) is 12.5 Å². The minimum atomic E-state index is 0. The largest absolute Gasteiger partial charge is 0.327 e. The number of likely N-dealkylation sites (tertiary alicyclic amines) is 1. The van der Waals surface area contributed by atoms with Crippen LogP contribution in [0.15, 0.2) is 37.1 Å². The van der Waals surface area contributed by atoms with Crippen molar-refractivity contribution in [3.63, 3.8) is 0 Å². The third kappa shape index (κ3) is 4.67. The first-order valence-corrected chi connectivity index (χ1v) is 7.46. The van der Waals surface area contributed by atoms with Crippen molar-refractivity contribution >= 4 is 24.8 Å². The van der Waals surface area contributed by atoms with Crippen LogP contribution in [0.5, 0.6) is 0 Å². The number of imidazole rings is 1. The molecule has 1 unspecified atom stereocenters. The summed E-state index contributed by atoms with van der Waals surface area (Å²) in [6, 6.07) is 4.48. The summed E-state index contributed by atoms with van der Waals surface area (Å²) in [5.41, 5.74) is 7.62. The van der Waals surface area contributed by atoms with E-state index in [-0.39, 0.29) is 30.2 Å². The second kappa shape index (κ2) is 8.11. The van der Waals surface area contributed by atoms with Crippen LogP contribution in [0.1, 0.15) is 25.8 Å². The van der Waals surface area contributed by atoms with Gasteiger partial charge in [-0.1, -0.05) is 19.9 Å². The SMILES string of the molecule is CC1(C)CN(Cc2ccc(-n3ccnc3)nc2)CCC1N.Cl.Cl. The maximum atomic E-state index is 6.19. The van der Waals surface area contributed by atoms with Crippen molar-refractivity contribution in [2.75, 3.05) is 13.1 Å². The fourth-order valence-corrected chi connectivity index (χ4v) is 2.94. The number of piperidine rings is 1. The molecule has 0 bridgehead atoms. The van der Waals surface area contributed by atoms with Gasteiger partial charge in [0.1, 0.15) is 12.1 Å². The zero-order valence-corrected chi connectivity index (χ0v) is 15.2. The first-order chi connectivity index (χ1) is 10.0. The Hall–Kier alpha value is -1.14. The van der Waals surface area contributed by atoms with Crippen molar-refractivity contribution in [2.45, 2.75) is 32.9 Å². The highest BCUT2D eigenvalue weighted by Crippen LogP contribution is 2.28. The zero-order chi connectivity index (χ0) is 14.9. The number of aromatic nitrogens is 3. The molecule has 0 saturated carbocycles. The zero-order valence-electron chi connectivity index (χ0n) is 13.6. The van der Waals surface area contributed by atoms with Crippen LogP contribution < -0.4 is 5.73 Å². The summed E-state index contributed by atoms with van der Waals surface area (Å²) in [6.07, 6.45) is 8.44. The van der Waals surface area contributed by atoms with Gasteiger partial charge in [0, 0.05) is 44.3 Å². The Labute approximate surface area is 150 Å². The van der Waals surface area contributed by atoms with Gasteiger partial charge >= 0.3 is 0 Å². The molecular weight excluding hydrogens is 333 g/mol. The molecule has 2 N–H and O–H groups in total. The molecule has 1 aliphatic rings. The molecule has 1 fully saturated rings. The van der Waals surface area contributed by atoms with Crippen molar-refractivity contribution in [1.29, 1.82) is 0 Å². The van der Waals surface area contributed by atoms with Crippen molar-refractivity contribution in [3.8, 4) is 5.82 Å². The molecule has 1 saturated heterocycles. The second-order valence-corrected chi connectivity index (χ2v) is 6.59. The topological polar surface area (TPSA) is 60.0 Å². The Bertz CT molecular complexity index is 583. The second-order valence-electron chi connectivity index (χ2n) is 6.59. The number of pyridine rings is 1. The number of nitrogens with zero attached hydrogens (tertiary/aromatic N) is 4. The van der Waals surface area contributed by atoms with Gasteiger partial charge in [-0.15, -0.1) is 24.8 Å². The Balaban J connectivity index is 0.00000132. The predicted octanol–water partition coefficient (Wildman–Crippen LogP) is 2.67. The van der Waals surface area contributed by atoms with E-state index in [1.165, 1.54) is 5.56 Å².